The topological polar surface area (TPSA) is 58.5 Å². The molecule has 0 spiro atoms. The molecule has 1 heterocycles. The minimum absolute atomic E-state index is 0.0648. The van der Waals surface area contributed by atoms with Gasteiger partial charge in [-0.15, -0.1) is 11.3 Å². The molecule has 0 unspecified atom stereocenters. The highest BCUT2D eigenvalue weighted by Gasteiger charge is 2.27. The third kappa shape index (κ3) is 7.01. The summed E-state index contributed by atoms with van der Waals surface area (Å²) < 4.78 is 40.8. The highest BCUT2D eigenvalue weighted by molar-refractivity contribution is 7.09. The van der Waals surface area contributed by atoms with Crippen molar-refractivity contribution in [3.05, 3.63) is 51.5 Å². The maximum atomic E-state index is 12.1. The molecule has 26 heavy (non-hydrogen) atoms. The Bertz CT molecular complexity index is 714. The van der Waals surface area contributed by atoms with Gasteiger partial charge in [0.25, 0.3) is 0 Å². The number of ether oxygens (including phenoxy) is 1. The number of hydrogen-bond donors (Lipinski definition) is 2. The number of aliphatic imine (C=N–C) groups is 1. The predicted octanol–water partition coefficient (Wildman–Crippen LogP) is 3.40. The van der Waals surface area contributed by atoms with Crippen LogP contribution in [0.1, 0.15) is 21.7 Å². The van der Waals surface area contributed by atoms with Gasteiger partial charge in [-0.2, -0.15) is 13.2 Å². The lowest BCUT2D eigenvalue weighted by Crippen LogP contribution is -2.36. The number of benzene rings is 1. The molecule has 0 saturated carbocycles. The van der Waals surface area contributed by atoms with Crippen molar-refractivity contribution in [3.63, 3.8) is 0 Å². The molecule has 1 aromatic heterocycles. The Morgan fingerprint density at radius 2 is 1.81 bits per heavy atom. The Hall–Kier alpha value is -2.13. The van der Waals surface area contributed by atoms with Crippen molar-refractivity contribution in [2.75, 3.05) is 13.7 Å². The molecule has 2 rings (SSSR count). The lowest BCUT2D eigenvalue weighted by atomic mass is 10.1. The van der Waals surface area contributed by atoms with Gasteiger partial charge in [-0.1, -0.05) is 24.3 Å². The Morgan fingerprint density at radius 1 is 1.15 bits per heavy atom. The first-order valence-corrected chi connectivity index (χ1v) is 8.81. The van der Waals surface area contributed by atoms with Crippen LogP contribution >= 0.6 is 11.3 Å². The predicted molar refractivity (Wildman–Crippen MR) is 96.0 cm³/mol. The van der Waals surface area contributed by atoms with Gasteiger partial charge in [0.1, 0.15) is 6.61 Å². The lowest BCUT2D eigenvalue weighted by Gasteiger charge is -2.12. The largest absolute Gasteiger partial charge is 0.411 e. The maximum absolute atomic E-state index is 12.1. The van der Waals surface area contributed by atoms with Crippen LogP contribution in [0.4, 0.5) is 13.2 Å². The van der Waals surface area contributed by atoms with Gasteiger partial charge in [0.2, 0.25) is 0 Å². The molecule has 5 nitrogen and oxygen atoms in total. The molecule has 2 aromatic rings. The molecular weight excluding hydrogens is 365 g/mol. The van der Waals surface area contributed by atoms with E-state index in [4.69, 9.17) is 0 Å². The zero-order valence-electron chi connectivity index (χ0n) is 14.6. The monoisotopic (exact) mass is 386 g/mol. The number of halogens is 3. The second-order valence-electron chi connectivity index (χ2n) is 5.56. The Kier molecular flexibility index (Phi) is 7.40. The fourth-order valence-electron chi connectivity index (χ4n) is 2.10. The molecule has 142 valence electrons. The van der Waals surface area contributed by atoms with E-state index in [1.165, 1.54) is 0 Å². The van der Waals surface area contributed by atoms with Gasteiger partial charge < -0.3 is 15.4 Å². The van der Waals surface area contributed by atoms with E-state index in [0.717, 1.165) is 16.1 Å². The first-order chi connectivity index (χ1) is 12.4. The molecule has 0 atom stereocenters. The molecule has 0 aliphatic heterocycles. The van der Waals surface area contributed by atoms with Gasteiger partial charge in [0, 0.05) is 18.5 Å². The lowest BCUT2D eigenvalue weighted by molar-refractivity contribution is -0.176. The van der Waals surface area contributed by atoms with Crippen molar-refractivity contribution in [1.29, 1.82) is 0 Å². The number of thiazole rings is 1. The van der Waals surface area contributed by atoms with Gasteiger partial charge in [0.05, 0.1) is 24.4 Å². The van der Waals surface area contributed by atoms with Crippen LogP contribution in [0.25, 0.3) is 0 Å². The van der Waals surface area contributed by atoms with Crippen molar-refractivity contribution in [2.24, 2.45) is 4.99 Å². The molecule has 0 bridgehead atoms. The molecule has 0 aliphatic carbocycles. The van der Waals surface area contributed by atoms with Crippen molar-refractivity contribution in [1.82, 2.24) is 15.6 Å². The highest BCUT2D eigenvalue weighted by Crippen LogP contribution is 2.16. The van der Waals surface area contributed by atoms with Crippen LogP contribution < -0.4 is 10.6 Å². The first-order valence-electron chi connectivity index (χ1n) is 7.93. The second-order valence-corrected chi connectivity index (χ2v) is 6.50. The van der Waals surface area contributed by atoms with Crippen LogP contribution in [-0.4, -0.2) is 30.8 Å². The van der Waals surface area contributed by atoms with Crippen LogP contribution in [0.5, 0.6) is 0 Å². The summed E-state index contributed by atoms with van der Waals surface area (Å²) in [6, 6.07) is 7.20. The van der Waals surface area contributed by atoms with E-state index in [1.807, 2.05) is 24.6 Å². The van der Waals surface area contributed by atoms with Crippen LogP contribution in [0.2, 0.25) is 0 Å². The number of guanidine groups is 1. The van der Waals surface area contributed by atoms with E-state index >= 15 is 0 Å². The number of alkyl halides is 3. The number of nitrogens with one attached hydrogen (secondary N) is 2. The third-order valence-corrected chi connectivity index (χ3v) is 4.44. The van der Waals surface area contributed by atoms with E-state index < -0.39 is 12.8 Å². The smallest absolute Gasteiger partial charge is 0.367 e. The van der Waals surface area contributed by atoms with E-state index in [-0.39, 0.29) is 6.61 Å². The van der Waals surface area contributed by atoms with Gasteiger partial charge in [-0.3, -0.25) is 4.99 Å². The molecular formula is C17H21F3N4OS. The van der Waals surface area contributed by atoms with Crippen molar-refractivity contribution < 1.29 is 17.9 Å². The summed E-state index contributed by atoms with van der Waals surface area (Å²) in [4.78, 5) is 9.52. The number of nitrogens with zero attached hydrogens (tertiary/aromatic N) is 2. The average Bonchev–Trinajstić information content (AvgIpc) is 3.00. The number of hydrogen-bond acceptors (Lipinski definition) is 4. The van der Waals surface area contributed by atoms with Crippen LogP contribution in [-0.2, 0) is 24.4 Å². The highest BCUT2D eigenvalue weighted by atomic mass is 32.1. The Morgan fingerprint density at radius 3 is 2.38 bits per heavy atom. The summed E-state index contributed by atoms with van der Waals surface area (Å²) in [5, 5.41) is 6.41. The number of aryl methyl sites for hydroxylation is 1. The fraction of sp³-hybridized carbons (Fsp3) is 0.412. The second kappa shape index (κ2) is 9.54. The molecule has 9 heteroatoms. The molecule has 0 radical (unpaired) electrons. The average molecular weight is 386 g/mol. The summed E-state index contributed by atoms with van der Waals surface area (Å²) in [7, 11) is 1.69. The quantitative estimate of drug-likeness (QED) is 0.566. The standard InChI is InChI=1S/C17H21F3N4OS/c1-12-15(26-11-24-12)8-23-16(21-2)22-7-13-3-5-14(6-4-13)9-25-10-17(18,19)20/h3-6,11H,7-10H2,1-2H3,(H2,21,22,23). The van der Waals surface area contributed by atoms with Gasteiger partial charge in [-0.25, -0.2) is 4.98 Å². The molecule has 0 amide bonds. The molecule has 0 saturated heterocycles. The first kappa shape index (κ1) is 20.2. The zero-order valence-corrected chi connectivity index (χ0v) is 15.4. The van der Waals surface area contributed by atoms with Gasteiger partial charge in [0.15, 0.2) is 5.96 Å². The Labute approximate surface area is 154 Å². The van der Waals surface area contributed by atoms with E-state index in [1.54, 1.807) is 30.5 Å². The summed E-state index contributed by atoms with van der Waals surface area (Å²) in [5.41, 5.74) is 4.49. The van der Waals surface area contributed by atoms with E-state index in [2.05, 4.69) is 25.3 Å². The van der Waals surface area contributed by atoms with Crippen molar-refractivity contribution in [3.8, 4) is 0 Å². The van der Waals surface area contributed by atoms with E-state index in [0.29, 0.717) is 24.6 Å². The van der Waals surface area contributed by atoms with Gasteiger partial charge >= 0.3 is 6.18 Å². The molecule has 1 aromatic carbocycles. The normalized spacial score (nSPS) is 12.3. The van der Waals surface area contributed by atoms with Crippen molar-refractivity contribution in [2.45, 2.75) is 32.8 Å². The fourth-order valence-corrected chi connectivity index (χ4v) is 2.82. The minimum Gasteiger partial charge on any atom is -0.367 e. The summed E-state index contributed by atoms with van der Waals surface area (Å²) in [5.74, 6) is 0.662. The number of aromatic nitrogens is 1. The van der Waals surface area contributed by atoms with Crippen molar-refractivity contribution >= 4 is 17.3 Å². The SMILES string of the molecule is CN=C(NCc1ccc(COCC(F)(F)F)cc1)NCc1scnc1C. The van der Waals surface area contributed by atoms with Gasteiger partial charge in [-0.05, 0) is 18.1 Å². The molecule has 2 N–H and O–H groups in total. The third-order valence-electron chi connectivity index (χ3n) is 3.50. The minimum atomic E-state index is -4.30. The summed E-state index contributed by atoms with van der Waals surface area (Å²) in [6.07, 6.45) is -4.30. The Balaban J connectivity index is 1.76. The van der Waals surface area contributed by atoms with Crippen LogP contribution in [0.3, 0.4) is 0 Å². The molecule has 0 aliphatic rings. The molecule has 0 fully saturated rings. The summed E-state index contributed by atoms with van der Waals surface area (Å²) in [6.45, 7) is 1.85. The summed E-state index contributed by atoms with van der Waals surface area (Å²) >= 11 is 1.59. The van der Waals surface area contributed by atoms with Crippen LogP contribution in [0.15, 0.2) is 34.8 Å². The zero-order chi connectivity index (χ0) is 19.0. The van der Waals surface area contributed by atoms with E-state index in [9.17, 15) is 13.2 Å². The number of rotatable bonds is 7. The van der Waals surface area contributed by atoms with Crippen LogP contribution in [0, 0.1) is 6.92 Å². The maximum Gasteiger partial charge on any atom is 0.411 e.